The summed E-state index contributed by atoms with van der Waals surface area (Å²) in [6, 6.07) is 7.92. The highest BCUT2D eigenvalue weighted by Crippen LogP contribution is 2.29. The van der Waals surface area contributed by atoms with Crippen LogP contribution in [0, 0.1) is 11.3 Å². The Morgan fingerprint density at radius 1 is 1.31 bits per heavy atom. The van der Waals surface area contributed by atoms with E-state index in [4.69, 9.17) is 5.26 Å². The number of carbonyl (C=O) groups is 3. The largest absolute Gasteiger partial charge is 0.355 e. The summed E-state index contributed by atoms with van der Waals surface area (Å²) >= 11 is 0. The van der Waals surface area contributed by atoms with Crippen molar-refractivity contribution >= 4 is 17.8 Å². The lowest BCUT2D eigenvalue weighted by molar-refractivity contribution is -0.134. The molecule has 1 aromatic rings. The third-order valence-electron chi connectivity index (χ3n) is 4.50. The Labute approximate surface area is 153 Å². The Morgan fingerprint density at radius 3 is 2.77 bits per heavy atom. The average Bonchev–Trinajstić information content (AvgIpc) is 2.86. The number of rotatable bonds is 8. The lowest BCUT2D eigenvalue weighted by Gasteiger charge is -2.22. The number of unbranched alkanes of at least 4 members (excludes halogenated alkanes) is 3. The van der Waals surface area contributed by atoms with E-state index in [2.05, 4.69) is 17.6 Å². The van der Waals surface area contributed by atoms with E-state index < -0.39 is 17.5 Å². The second kappa shape index (κ2) is 8.48. The van der Waals surface area contributed by atoms with Crippen LogP contribution in [0.1, 0.15) is 50.7 Å². The number of nitrogens with zero attached hydrogens (tertiary/aromatic N) is 2. The van der Waals surface area contributed by atoms with Gasteiger partial charge in [-0.1, -0.05) is 38.3 Å². The van der Waals surface area contributed by atoms with Gasteiger partial charge in [0.05, 0.1) is 11.6 Å². The summed E-state index contributed by atoms with van der Waals surface area (Å²) in [5.41, 5.74) is -0.378. The molecule has 138 valence electrons. The van der Waals surface area contributed by atoms with Crippen LogP contribution in [0.5, 0.6) is 0 Å². The van der Waals surface area contributed by atoms with Crippen LogP contribution in [0.4, 0.5) is 4.79 Å². The van der Waals surface area contributed by atoms with Gasteiger partial charge in [0.25, 0.3) is 5.91 Å². The number of urea groups is 1. The second-order valence-corrected chi connectivity index (χ2v) is 6.55. The predicted molar refractivity (Wildman–Crippen MR) is 95.9 cm³/mol. The highest BCUT2D eigenvalue weighted by molar-refractivity contribution is 6.09. The zero-order valence-electron chi connectivity index (χ0n) is 15.2. The molecule has 0 aromatic heterocycles. The van der Waals surface area contributed by atoms with Gasteiger partial charge in [0, 0.05) is 6.54 Å². The Bertz CT molecular complexity index is 741. The van der Waals surface area contributed by atoms with Crippen molar-refractivity contribution in [2.24, 2.45) is 0 Å². The maximum absolute atomic E-state index is 12.8. The maximum Gasteiger partial charge on any atom is 0.325 e. The van der Waals surface area contributed by atoms with Crippen molar-refractivity contribution in [3.05, 3.63) is 35.4 Å². The van der Waals surface area contributed by atoms with Crippen molar-refractivity contribution in [3.63, 3.8) is 0 Å². The first-order valence-corrected chi connectivity index (χ1v) is 8.84. The van der Waals surface area contributed by atoms with E-state index in [1.54, 1.807) is 31.2 Å². The molecule has 1 heterocycles. The molecule has 2 N–H and O–H groups in total. The van der Waals surface area contributed by atoms with Crippen LogP contribution in [0.3, 0.4) is 0 Å². The standard InChI is InChI=1S/C19H24N4O3/c1-3-4-5-6-10-21-16(24)13-23-17(25)19(2,22-18(23)26)15-9-7-8-14(11-15)12-20/h7-9,11H,3-6,10,13H2,1-2H3,(H,21,24)(H,22,26). The molecule has 1 aromatic carbocycles. The van der Waals surface area contributed by atoms with Gasteiger partial charge in [-0.15, -0.1) is 0 Å². The Kier molecular flexibility index (Phi) is 6.34. The predicted octanol–water partition coefficient (Wildman–Crippen LogP) is 2.02. The molecule has 2 rings (SSSR count). The minimum absolute atomic E-state index is 0.314. The number of nitriles is 1. The monoisotopic (exact) mass is 356 g/mol. The molecular formula is C19H24N4O3. The molecule has 7 nitrogen and oxygen atoms in total. The van der Waals surface area contributed by atoms with Crippen LogP contribution >= 0.6 is 0 Å². The van der Waals surface area contributed by atoms with Crippen molar-refractivity contribution in [2.75, 3.05) is 13.1 Å². The smallest absolute Gasteiger partial charge is 0.325 e. The van der Waals surface area contributed by atoms with Crippen LogP contribution in [-0.2, 0) is 15.1 Å². The van der Waals surface area contributed by atoms with Crippen LogP contribution in [0.15, 0.2) is 24.3 Å². The number of nitrogens with one attached hydrogen (secondary N) is 2. The summed E-state index contributed by atoms with van der Waals surface area (Å²) in [6.07, 6.45) is 4.14. The molecule has 4 amide bonds. The topological polar surface area (TPSA) is 102 Å². The molecule has 26 heavy (non-hydrogen) atoms. The number of carbonyl (C=O) groups excluding carboxylic acids is 3. The molecule has 1 saturated heterocycles. The number of benzene rings is 1. The second-order valence-electron chi connectivity index (χ2n) is 6.55. The van der Waals surface area contributed by atoms with Gasteiger partial charge in [-0.05, 0) is 31.0 Å². The zero-order chi connectivity index (χ0) is 19.2. The summed E-state index contributed by atoms with van der Waals surface area (Å²) in [6.45, 7) is 3.90. The lowest BCUT2D eigenvalue weighted by Crippen LogP contribution is -2.43. The van der Waals surface area contributed by atoms with Gasteiger partial charge in [-0.2, -0.15) is 5.26 Å². The minimum atomic E-state index is -1.29. The van der Waals surface area contributed by atoms with Crippen molar-refractivity contribution in [2.45, 2.75) is 45.1 Å². The summed E-state index contributed by atoms with van der Waals surface area (Å²) in [5.74, 6) is -0.862. The summed E-state index contributed by atoms with van der Waals surface area (Å²) in [5, 5.41) is 14.4. The molecule has 1 fully saturated rings. The van der Waals surface area contributed by atoms with Crippen molar-refractivity contribution in [1.29, 1.82) is 5.26 Å². The van der Waals surface area contributed by atoms with Gasteiger partial charge in [-0.25, -0.2) is 4.79 Å². The maximum atomic E-state index is 12.8. The quantitative estimate of drug-likeness (QED) is 0.549. The van der Waals surface area contributed by atoms with E-state index in [0.29, 0.717) is 17.7 Å². The van der Waals surface area contributed by atoms with E-state index in [0.717, 1.165) is 30.6 Å². The molecule has 0 bridgehead atoms. The molecule has 0 radical (unpaired) electrons. The zero-order valence-corrected chi connectivity index (χ0v) is 15.2. The molecule has 1 aliphatic rings. The van der Waals surface area contributed by atoms with Crippen LogP contribution < -0.4 is 10.6 Å². The molecule has 0 spiro atoms. The summed E-state index contributed by atoms with van der Waals surface area (Å²) < 4.78 is 0. The van der Waals surface area contributed by atoms with Gasteiger partial charge >= 0.3 is 6.03 Å². The molecular weight excluding hydrogens is 332 g/mol. The fraction of sp³-hybridized carbons (Fsp3) is 0.474. The molecule has 0 saturated carbocycles. The first-order valence-electron chi connectivity index (χ1n) is 8.84. The van der Waals surface area contributed by atoms with E-state index in [1.807, 2.05) is 6.07 Å². The minimum Gasteiger partial charge on any atom is -0.355 e. The van der Waals surface area contributed by atoms with Gasteiger partial charge in [0.1, 0.15) is 12.1 Å². The molecule has 1 atom stereocenters. The van der Waals surface area contributed by atoms with E-state index in [1.165, 1.54) is 0 Å². The van der Waals surface area contributed by atoms with Crippen molar-refractivity contribution < 1.29 is 14.4 Å². The van der Waals surface area contributed by atoms with E-state index in [9.17, 15) is 14.4 Å². The number of hydrogen-bond acceptors (Lipinski definition) is 4. The SMILES string of the molecule is CCCCCCNC(=O)CN1C(=O)NC(C)(c2cccc(C#N)c2)C1=O. The van der Waals surface area contributed by atoms with Gasteiger partial charge < -0.3 is 10.6 Å². The highest BCUT2D eigenvalue weighted by atomic mass is 16.2. The molecule has 0 aliphatic carbocycles. The Morgan fingerprint density at radius 2 is 2.08 bits per heavy atom. The molecule has 1 unspecified atom stereocenters. The fourth-order valence-electron chi connectivity index (χ4n) is 2.92. The Hall–Kier alpha value is -2.88. The third kappa shape index (κ3) is 4.20. The van der Waals surface area contributed by atoms with Crippen molar-refractivity contribution in [1.82, 2.24) is 15.5 Å². The summed E-state index contributed by atoms with van der Waals surface area (Å²) in [4.78, 5) is 38.0. The first kappa shape index (κ1) is 19.4. The van der Waals surface area contributed by atoms with Gasteiger partial charge in [-0.3, -0.25) is 14.5 Å². The number of hydrogen-bond donors (Lipinski definition) is 2. The lowest BCUT2D eigenvalue weighted by atomic mass is 9.91. The van der Waals surface area contributed by atoms with Crippen molar-refractivity contribution in [3.8, 4) is 6.07 Å². The summed E-state index contributed by atoms with van der Waals surface area (Å²) in [7, 11) is 0. The van der Waals surface area contributed by atoms with Crippen LogP contribution in [0.2, 0.25) is 0 Å². The number of amides is 4. The van der Waals surface area contributed by atoms with E-state index >= 15 is 0 Å². The van der Waals surface area contributed by atoms with E-state index in [-0.39, 0.29) is 12.5 Å². The number of imide groups is 1. The van der Waals surface area contributed by atoms with Crippen LogP contribution in [0.25, 0.3) is 0 Å². The first-order chi connectivity index (χ1) is 12.4. The molecule has 7 heteroatoms. The van der Waals surface area contributed by atoms with Crippen LogP contribution in [-0.4, -0.2) is 35.8 Å². The third-order valence-corrected chi connectivity index (χ3v) is 4.50. The van der Waals surface area contributed by atoms with Gasteiger partial charge in [0.15, 0.2) is 0 Å². The average molecular weight is 356 g/mol. The highest BCUT2D eigenvalue weighted by Gasteiger charge is 2.49. The molecule has 1 aliphatic heterocycles. The normalized spacial score (nSPS) is 19.2. The fourth-order valence-corrected chi connectivity index (χ4v) is 2.92. The van der Waals surface area contributed by atoms with Gasteiger partial charge in [0.2, 0.25) is 5.91 Å². The Balaban J connectivity index is 2.01.